The maximum atomic E-state index is 9.95. The summed E-state index contributed by atoms with van der Waals surface area (Å²) < 4.78 is 0. The van der Waals surface area contributed by atoms with Crippen LogP contribution in [0.1, 0.15) is 38.9 Å². The van der Waals surface area contributed by atoms with E-state index in [4.69, 9.17) is 11.6 Å². The zero-order chi connectivity index (χ0) is 10.8. The molecule has 14 heavy (non-hydrogen) atoms. The number of benzene rings is 1. The van der Waals surface area contributed by atoms with Crippen LogP contribution < -0.4 is 0 Å². The average Bonchev–Trinajstić information content (AvgIpc) is 2.01. The Morgan fingerprint density at radius 3 is 2.36 bits per heavy atom. The monoisotopic (exact) mass is 212 g/mol. The summed E-state index contributed by atoms with van der Waals surface area (Å²) in [6.07, 6.45) is 0.250. The summed E-state index contributed by atoms with van der Waals surface area (Å²) in [5, 5.41) is 10.6. The van der Waals surface area contributed by atoms with Gasteiger partial charge in [0.15, 0.2) is 0 Å². The van der Waals surface area contributed by atoms with Crippen molar-refractivity contribution in [1.82, 2.24) is 0 Å². The minimum atomic E-state index is -0.469. The highest BCUT2D eigenvalue weighted by Crippen LogP contribution is 2.32. The minimum Gasteiger partial charge on any atom is -0.388 e. The first-order valence-corrected chi connectivity index (χ1v) is 5.20. The molecule has 2 heteroatoms. The first-order chi connectivity index (χ1) is 6.40. The molecule has 0 aliphatic carbocycles. The molecule has 78 valence electrons. The zero-order valence-corrected chi connectivity index (χ0v) is 9.67. The molecule has 0 aliphatic heterocycles. The van der Waals surface area contributed by atoms with Gasteiger partial charge in [0.25, 0.3) is 0 Å². The van der Waals surface area contributed by atoms with Gasteiger partial charge in [-0.15, -0.1) is 0 Å². The average molecular weight is 213 g/mol. The Morgan fingerprint density at radius 1 is 1.29 bits per heavy atom. The van der Waals surface area contributed by atoms with Crippen molar-refractivity contribution < 1.29 is 5.11 Å². The van der Waals surface area contributed by atoms with Gasteiger partial charge in [-0.1, -0.05) is 50.6 Å². The van der Waals surface area contributed by atoms with Gasteiger partial charge in [0, 0.05) is 5.02 Å². The summed E-state index contributed by atoms with van der Waals surface area (Å²) in [4.78, 5) is 0. The molecular formula is C12H17ClO. The van der Waals surface area contributed by atoms with Gasteiger partial charge >= 0.3 is 0 Å². The quantitative estimate of drug-likeness (QED) is 0.791. The molecule has 0 amide bonds. The van der Waals surface area contributed by atoms with Gasteiger partial charge in [-0.3, -0.25) is 0 Å². The zero-order valence-electron chi connectivity index (χ0n) is 8.92. The SMILES string of the molecule is CC(C)(C)CC(O)c1ccccc1Cl. The van der Waals surface area contributed by atoms with Gasteiger partial charge in [0.1, 0.15) is 0 Å². The number of aliphatic hydroxyl groups excluding tert-OH is 1. The van der Waals surface area contributed by atoms with Crippen LogP contribution >= 0.6 is 11.6 Å². The molecule has 0 radical (unpaired) electrons. The van der Waals surface area contributed by atoms with Crippen LogP contribution in [0, 0.1) is 5.41 Å². The first-order valence-electron chi connectivity index (χ1n) is 4.83. The number of hydrogen-bond donors (Lipinski definition) is 1. The predicted molar refractivity (Wildman–Crippen MR) is 60.5 cm³/mol. The predicted octanol–water partition coefficient (Wildman–Crippen LogP) is 3.81. The van der Waals surface area contributed by atoms with Crippen LogP contribution in [0.3, 0.4) is 0 Å². The van der Waals surface area contributed by atoms with E-state index in [1.165, 1.54) is 0 Å². The van der Waals surface area contributed by atoms with Crippen molar-refractivity contribution in [2.24, 2.45) is 5.41 Å². The lowest BCUT2D eigenvalue weighted by Crippen LogP contribution is -2.11. The van der Waals surface area contributed by atoms with Crippen molar-refractivity contribution in [3.63, 3.8) is 0 Å². The smallest absolute Gasteiger partial charge is 0.0809 e. The fraction of sp³-hybridized carbons (Fsp3) is 0.500. The van der Waals surface area contributed by atoms with Gasteiger partial charge in [0.05, 0.1) is 6.10 Å². The van der Waals surface area contributed by atoms with Crippen molar-refractivity contribution in [2.45, 2.75) is 33.3 Å². The van der Waals surface area contributed by atoms with Crippen molar-refractivity contribution in [3.05, 3.63) is 34.9 Å². The molecule has 1 aromatic carbocycles. The van der Waals surface area contributed by atoms with E-state index in [0.29, 0.717) is 5.02 Å². The molecular weight excluding hydrogens is 196 g/mol. The van der Waals surface area contributed by atoms with Crippen LogP contribution in [0.25, 0.3) is 0 Å². The molecule has 0 heterocycles. The molecule has 1 rings (SSSR count). The number of rotatable bonds is 2. The Kier molecular flexibility index (Phi) is 3.57. The van der Waals surface area contributed by atoms with E-state index in [0.717, 1.165) is 12.0 Å². The Balaban J connectivity index is 2.80. The van der Waals surface area contributed by atoms with E-state index in [1.807, 2.05) is 24.3 Å². The van der Waals surface area contributed by atoms with Crippen LogP contribution in [-0.2, 0) is 0 Å². The third-order valence-corrected chi connectivity index (χ3v) is 2.41. The lowest BCUT2D eigenvalue weighted by molar-refractivity contribution is 0.122. The van der Waals surface area contributed by atoms with Crippen LogP contribution in [0.5, 0.6) is 0 Å². The Hall–Kier alpha value is -0.530. The molecule has 0 bridgehead atoms. The van der Waals surface area contributed by atoms with Crippen LogP contribution in [0.2, 0.25) is 5.02 Å². The Morgan fingerprint density at radius 2 is 1.86 bits per heavy atom. The van der Waals surface area contributed by atoms with Crippen LogP contribution in [0.4, 0.5) is 0 Å². The third kappa shape index (κ3) is 3.32. The molecule has 0 fully saturated rings. The summed E-state index contributed by atoms with van der Waals surface area (Å²) in [5.41, 5.74) is 0.933. The Labute approximate surface area is 90.7 Å². The second kappa shape index (κ2) is 4.33. The first kappa shape index (κ1) is 11.5. The minimum absolute atomic E-state index is 0.110. The van der Waals surface area contributed by atoms with Gasteiger partial charge in [-0.2, -0.15) is 0 Å². The number of hydrogen-bond acceptors (Lipinski definition) is 1. The van der Waals surface area contributed by atoms with Crippen molar-refractivity contribution in [1.29, 1.82) is 0 Å². The van der Waals surface area contributed by atoms with Crippen molar-refractivity contribution >= 4 is 11.6 Å². The van der Waals surface area contributed by atoms with E-state index < -0.39 is 6.10 Å². The van der Waals surface area contributed by atoms with Gasteiger partial charge in [0.2, 0.25) is 0 Å². The van der Waals surface area contributed by atoms with E-state index in [1.54, 1.807) is 0 Å². The van der Waals surface area contributed by atoms with Gasteiger partial charge in [-0.25, -0.2) is 0 Å². The van der Waals surface area contributed by atoms with E-state index in [2.05, 4.69) is 20.8 Å². The second-order valence-electron chi connectivity index (χ2n) is 4.80. The van der Waals surface area contributed by atoms with E-state index in [-0.39, 0.29) is 5.41 Å². The summed E-state index contributed by atoms with van der Waals surface area (Å²) in [6, 6.07) is 7.45. The third-order valence-electron chi connectivity index (χ3n) is 2.07. The van der Waals surface area contributed by atoms with Gasteiger partial charge < -0.3 is 5.11 Å². The highest BCUT2D eigenvalue weighted by atomic mass is 35.5. The summed E-state index contributed by atoms with van der Waals surface area (Å²) >= 11 is 5.99. The van der Waals surface area contributed by atoms with Crippen LogP contribution in [0.15, 0.2) is 24.3 Å². The van der Waals surface area contributed by atoms with E-state index in [9.17, 15) is 5.11 Å². The molecule has 1 aromatic rings. The van der Waals surface area contributed by atoms with Crippen molar-refractivity contribution in [3.8, 4) is 0 Å². The molecule has 1 unspecified atom stereocenters. The second-order valence-corrected chi connectivity index (χ2v) is 5.21. The fourth-order valence-corrected chi connectivity index (χ4v) is 1.70. The molecule has 0 aliphatic rings. The molecule has 0 saturated carbocycles. The number of halogens is 1. The highest BCUT2D eigenvalue weighted by molar-refractivity contribution is 6.31. The maximum absolute atomic E-state index is 9.95. The molecule has 0 spiro atoms. The number of aliphatic hydroxyl groups is 1. The van der Waals surface area contributed by atoms with Gasteiger partial charge in [-0.05, 0) is 23.5 Å². The largest absolute Gasteiger partial charge is 0.388 e. The molecule has 0 aromatic heterocycles. The van der Waals surface area contributed by atoms with Crippen molar-refractivity contribution in [2.75, 3.05) is 0 Å². The molecule has 1 atom stereocenters. The highest BCUT2D eigenvalue weighted by Gasteiger charge is 2.19. The fourth-order valence-electron chi connectivity index (χ4n) is 1.44. The molecule has 1 N–H and O–H groups in total. The van der Waals surface area contributed by atoms with Crippen LogP contribution in [-0.4, -0.2) is 5.11 Å². The summed E-state index contributed by atoms with van der Waals surface area (Å²) in [5.74, 6) is 0. The summed E-state index contributed by atoms with van der Waals surface area (Å²) in [7, 11) is 0. The standard InChI is InChI=1S/C12H17ClO/c1-12(2,3)8-11(14)9-6-4-5-7-10(9)13/h4-7,11,14H,8H2,1-3H3. The molecule has 0 saturated heterocycles. The summed E-state index contributed by atoms with van der Waals surface area (Å²) in [6.45, 7) is 6.31. The molecule has 1 nitrogen and oxygen atoms in total. The lowest BCUT2D eigenvalue weighted by atomic mass is 9.87. The Bertz CT molecular complexity index is 301. The topological polar surface area (TPSA) is 20.2 Å². The normalized spacial score (nSPS) is 14.1. The van der Waals surface area contributed by atoms with E-state index >= 15 is 0 Å². The maximum Gasteiger partial charge on any atom is 0.0809 e. The lowest BCUT2D eigenvalue weighted by Gasteiger charge is -2.23.